The van der Waals surface area contributed by atoms with Crippen molar-refractivity contribution in [3.63, 3.8) is 0 Å². The molecule has 0 fully saturated rings. The van der Waals surface area contributed by atoms with E-state index in [4.69, 9.17) is 21.1 Å². The standard InChI is InChI=1S/C15H10ClFN2O4S/c1-22-12-4-10(17)11(19(20)21)5-13(12)23-6-8-2-3-9(16)15-14(8)18-7-24-15/h2-5,7H,6H2,1H3. The Morgan fingerprint density at radius 1 is 1.38 bits per heavy atom. The molecular weight excluding hydrogens is 359 g/mol. The van der Waals surface area contributed by atoms with E-state index in [1.165, 1.54) is 18.4 Å². The number of fused-ring (bicyclic) bond motifs is 1. The molecule has 0 saturated heterocycles. The van der Waals surface area contributed by atoms with Gasteiger partial charge in [0.25, 0.3) is 0 Å². The minimum atomic E-state index is -0.988. The Hall–Kier alpha value is -2.45. The first-order chi connectivity index (χ1) is 11.5. The molecule has 0 unspecified atom stereocenters. The molecule has 0 aliphatic carbocycles. The third-order valence-electron chi connectivity index (χ3n) is 3.33. The van der Waals surface area contributed by atoms with Gasteiger partial charge in [-0.2, -0.15) is 4.39 Å². The molecule has 0 aliphatic rings. The molecule has 0 saturated carbocycles. The van der Waals surface area contributed by atoms with Crippen molar-refractivity contribution in [2.45, 2.75) is 6.61 Å². The van der Waals surface area contributed by atoms with Gasteiger partial charge in [-0.15, -0.1) is 11.3 Å². The number of methoxy groups -OCH3 is 1. The van der Waals surface area contributed by atoms with E-state index in [2.05, 4.69) is 4.98 Å². The second-order valence-electron chi connectivity index (χ2n) is 4.74. The highest BCUT2D eigenvalue weighted by Gasteiger charge is 2.20. The molecule has 24 heavy (non-hydrogen) atoms. The van der Waals surface area contributed by atoms with Crippen LogP contribution in [0.15, 0.2) is 29.8 Å². The molecule has 0 spiro atoms. The molecule has 1 aromatic heterocycles. The monoisotopic (exact) mass is 368 g/mol. The Morgan fingerprint density at radius 3 is 2.88 bits per heavy atom. The number of nitrogens with zero attached hydrogens (tertiary/aromatic N) is 2. The molecule has 0 atom stereocenters. The minimum absolute atomic E-state index is 0.0709. The van der Waals surface area contributed by atoms with Crippen LogP contribution in [0.2, 0.25) is 5.02 Å². The molecule has 0 amide bonds. The van der Waals surface area contributed by atoms with Gasteiger partial charge < -0.3 is 9.47 Å². The number of hydrogen-bond acceptors (Lipinski definition) is 6. The number of nitro groups is 1. The van der Waals surface area contributed by atoms with Crippen molar-refractivity contribution in [3.8, 4) is 11.5 Å². The molecular formula is C15H10ClFN2O4S. The van der Waals surface area contributed by atoms with E-state index in [0.29, 0.717) is 10.5 Å². The van der Waals surface area contributed by atoms with Gasteiger partial charge in [-0.05, 0) is 6.07 Å². The fraction of sp³-hybridized carbons (Fsp3) is 0.133. The lowest BCUT2D eigenvalue weighted by Crippen LogP contribution is -2.01. The summed E-state index contributed by atoms with van der Waals surface area (Å²) < 4.78 is 25.1. The summed E-state index contributed by atoms with van der Waals surface area (Å²) in [6, 6.07) is 5.41. The predicted octanol–water partition coefficient (Wildman–Crippen LogP) is 4.58. The lowest BCUT2D eigenvalue weighted by Gasteiger charge is -2.11. The molecule has 9 heteroatoms. The Labute approximate surface area is 144 Å². The number of hydrogen-bond donors (Lipinski definition) is 0. The maximum atomic E-state index is 13.6. The highest BCUT2D eigenvalue weighted by atomic mass is 35.5. The Morgan fingerprint density at radius 2 is 2.17 bits per heavy atom. The SMILES string of the molecule is COc1cc(F)c([N+](=O)[O-])cc1OCc1ccc(Cl)c2scnc12. The smallest absolute Gasteiger partial charge is 0.308 e. The first-order valence-corrected chi connectivity index (χ1v) is 7.92. The highest BCUT2D eigenvalue weighted by Crippen LogP contribution is 2.35. The molecule has 1 heterocycles. The van der Waals surface area contributed by atoms with E-state index in [1.54, 1.807) is 17.6 Å². The van der Waals surface area contributed by atoms with Crippen molar-refractivity contribution >= 4 is 38.8 Å². The van der Waals surface area contributed by atoms with Crippen LogP contribution in [0, 0.1) is 15.9 Å². The van der Waals surface area contributed by atoms with Crippen LogP contribution in [0.25, 0.3) is 10.2 Å². The van der Waals surface area contributed by atoms with E-state index in [0.717, 1.165) is 22.4 Å². The normalized spacial score (nSPS) is 10.8. The lowest BCUT2D eigenvalue weighted by atomic mass is 10.2. The number of benzene rings is 2. The third-order valence-corrected chi connectivity index (χ3v) is 4.62. The molecule has 3 rings (SSSR count). The first-order valence-electron chi connectivity index (χ1n) is 6.66. The van der Waals surface area contributed by atoms with Crippen LogP contribution in [-0.4, -0.2) is 17.0 Å². The van der Waals surface area contributed by atoms with Gasteiger partial charge in [0.2, 0.25) is 5.82 Å². The number of ether oxygens (including phenoxy) is 2. The van der Waals surface area contributed by atoms with E-state index < -0.39 is 16.4 Å². The topological polar surface area (TPSA) is 74.5 Å². The Balaban J connectivity index is 1.93. The van der Waals surface area contributed by atoms with Gasteiger partial charge in [-0.1, -0.05) is 17.7 Å². The van der Waals surface area contributed by atoms with E-state index in [9.17, 15) is 14.5 Å². The van der Waals surface area contributed by atoms with Crippen LogP contribution in [0.3, 0.4) is 0 Å². The number of rotatable bonds is 5. The first kappa shape index (κ1) is 16.4. The molecule has 124 valence electrons. The second-order valence-corrected chi connectivity index (χ2v) is 6.00. The Bertz CT molecular complexity index is 931. The second kappa shape index (κ2) is 6.58. The summed E-state index contributed by atoms with van der Waals surface area (Å²) in [7, 11) is 1.33. The lowest BCUT2D eigenvalue weighted by molar-refractivity contribution is -0.387. The van der Waals surface area contributed by atoms with Crippen molar-refractivity contribution < 1.29 is 18.8 Å². The number of thiazole rings is 1. The summed E-state index contributed by atoms with van der Waals surface area (Å²) in [5, 5.41) is 11.5. The van der Waals surface area contributed by atoms with Gasteiger partial charge in [0.05, 0.1) is 38.8 Å². The zero-order valence-corrected chi connectivity index (χ0v) is 13.9. The number of nitro benzene ring substituents is 1. The van der Waals surface area contributed by atoms with Crippen molar-refractivity contribution in [2.75, 3.05) is 7.11 Å². The molecule has 6 nitrogen and oxygen atoms in total. The van der Waals surface area contributed by atoms with Crippen LogP contribution in [0.1, 0.15) is 5.56 Å². The third kappa shape index (κ3) is 2.98. The summed E-state index contributed by atoms with van der Waals surface area (Å²) in [5.41, 5.74) is 2.44. The highest BCUT2D eigenvalue weighted by molar-refractivity contribution is 7.17. The maximum Gasteiger partial charge on any atom is 0.308 e. The van der Waals surface area contributed by atoms with Crippen LogP contribution in [0.5, 0.6) is 11.5 Å². The summed E-state index contributed by atoms with van der Waals surface area (Å²) >= 11 is 7.50. The van der Waals surface area contributed by atoms with Crippen molar-refractivity contribution in [1.82, 2.24) is 4.98 Å². The summed E-state index contributed by atoms with van der Waals surface area (Å²) in [6.45, 7) is 0.0799. The quantitative estimate of drug-likeness (QED) is 0.486. The van der Waals surface area contributed by atoms with Gasteiger partial charge in [-0.25, -0.2) is 4.98 Å². The maximum absolute atomic E-state index is 13.6. The number of aromatic nitrogens is 1. The number of halogens is 2. The molecule has 0 N–H and O–H groups in total. The van der Waals surface area contributed by atoms with E-state index in [1.807, 2.05) is 0 Å². The van der Waals surface area contributed by atoms with E-state index in [-0.39, 0.29) is 18.1 Å². The summed E-state index contributed by atoms with van der Waals surface area (Å²) in [4.78, 5) is 14.3. The average molecular weight is 369 g/mol. The van der Waals surface area contributed by atoms with Crippen molar-refractivity contribution in [1.29, 1.82) is 0 Å². The Kier molecular flexibility index (Phi) is 4.50. The zero-order chi connectivity index (χ0) is 17.3. The van der Waals surface area contributed by atoms with Gasteiger partial charge in [0.15, 0.2) is 11.5 Å². The van der Waals surface area contributed by atoms with Gasteiger partial charge in [-0.3, -0.25) is 10.1 Å². The summed E-state index contributed by atoms with van der Waals surface area (Å²) in [6.07, 6.45) is 0. The fourth-order valence-electron chi connectivity index (χ4n) is 2.18. The van der Waals surface area contributed by atoms with Crippen LogP contribution in [0.4, 0.5) is 10.1 Å². The van der Waals surface area contributed by atoms with Gasteiger partial charge in [0.1, 0.15) is 6.61 Å². The average Bonchev–Trinajstić information content (AvgIpc) is 3.05. The molecule has 0 bridgehead atoms. The van der Waals surface area contributed by atoms with Crippen LogP contribution < -0.4 is 9.47 Å². The summed E-state index contributed by atoms with van der Waals surface area (Å²) in [5.74, 6) is -0.844. The molecule has 2 aromatic carbocycles. The van der Waals surface area contributed by atoms with Gasteiger partial charge >= 0.3 is 5.69 Å². The minimum Gasteiger partial charge on any atom is -0.493 e. The van der Waals surface area contributed by atoms with Gasteiger partial charge in [0, 0.05) is 11.6 Å². The largest absolute Gasteiger partial charge is 0.493 e. The van der Waals surface area contributed by atoms with E-state index >= 15 is 0 Å². The van der Waals surface area contributed by atoms with Crippen LogP contribution >= 0.6 is 22.9 Å². The predicted molar refractivity (Wildman–Crippen MR) is 88.6 cm³/mol. The van der Waals surface area contributed by atoms with Crippen molar-refractivity contribution in [2.24, 2.45) is 0 Å². The van der Waals surface area contributed by atoms with Crippen molar-refractivity contribution in [3.05, 3.63) is 56.3 Å². The fourth-order valence-corrected chi connectivity index (χ4v) is 3.21. The van der Waals surface area contributed by atoms with Crippen LogP contribution in [-0.2, 0) is 6.61 Å². The zero-order valence-electron chi connectivity index (χ0n) is 12.3. The molecule has 0 radical (unpaired) electrons. The molecule has 3 aromatic rings. The molecule has 0 aliphatic heterocycles.